The summed E-state index contributed by atoms with van der Waals surface area (Å²) < 4.78 is 46.7. The number of aryl methyl sites for hydroxylation is 1. The zero-order chi connectivity index (χ0) is 20.1. The molecule has 0 saturated carbocycles. The highest BCUT2D eigenvalue weighted by Gasteiger charge is 2.32. The van der Waals surface area contributed by atoms with Crippen LogP contribution in [0.4, 0.5) is 18.9 Å². The third-order valence-electron chi connectivity index (χ3n) is 3.25. The lowest BCUT2D eigenvalue weighted by molar-refractivity contribution is -0.274. The Bertz CT molecular complexity index is 978. The third-order valence-corrected chi connectivity index (χ3v) is 4.09. The Balaban J connectivity index is 1.63. The van der Waals surface area contributed by atoms with Gasteiger partial charge in [0.2, 0.25) is 11.1 Å². The minimum atomic E-state index is -4.86. The lowest BCUT2D eigenvalue weighted by atomic mass is 10.3. The van der Waals surface area contributed by atoms with E-state index >= 15 is 0 Å². The Morgan fingerprint density at radius 1 is 1.25 bits per heavy atom. The zero-order valence-electron chi connectivity index (χ0n) is 14.4. The van der Waals surface area contributed by atoms with Crippen LogP contribution in [0.5, 0.6) is 5.75 Å². The Kier molecular flexibility index (Phi) is 5.83. The van der Waals surface area contributed by atoms with Crippen molar-refractivity contribution >= 4 is 23.4 Å². The SMILES string of the molecule is Cc1ccc(-c2cnnc(SCC(=O)Nc3ccccc3OC(F)(F)F)n2)o1. The molecule has 0 spiro atoms. The van der Waals surface area contributed by atoms with Crippen molar-refractivity contribution in [2.24, 2.45) is 0 Å². The number of benzene rings is 1. The molecule has 3 rings (SSSR count). The van der Waals surface area contributed by atoms with Crippen molar-refractivity contribution in [2.45, 2.75) is 18.4 Å². The molecule has 0 bridgehead atoms. The maximum Gasteiger partial charge on any atom is 0.573 e. The molecule has 0 aliphatic carbocycles. The van der Waals surface area contributed by atoms with Gasteiger partial charge in [0.1, 0.15) is 11.5 Å². The summed E-state index contributed by atoms with van der Waals surface area (Å²) in [5.41, 5.74) is 0.360. The first-order valence-electron chi connectivity index (χ1n) is 7.84. The lowest BCUT2D eigenvalue weighted by Gasteiger charge is -2.13. The minimum absolute atomic E-state index is 0.0933. The first-order chi connectivity index (χ1) is 13.3. The molecule has 11 heteroatoms. The highest BCUT2D eigenvalue weighted by Crippen LogP contribution is 2.30. The van der Waals surface area contributed by atoms with Gasteiger partial charge in [0.05, 0.1) is 17.6 Å². The van der Waals surface area contributed by atoms with Crippen LogP contribution in [0.3, 0.4) is 0 Å². The Labute approximate surface area is 161 Å². The molecular weight excluding hydrogens is 397 g/mol. The smallest absolute Gasteiger partial charge is 0.460 e. The number of anilines is 1. The number of furan rings is 1. The van der Waals surface area contributed by atoms with E-state index in [9.17, 15) is 18.0 Å². The molecule has 0 saturated heterocycles. The summed E-state index contributed by atoms with van der Waals surface area (Å²) in [5, 5.41) is 10.2. The van der Waals surface area contributed by atoms with Crippen LogP contribution in [0.25, 0.3) is 11.5 Å². The highest BCUT2D eigenvalue weighted by molar-refractivity contribution is 7.99. The molecule has 0 unspecified atom stereocenters. The highest BCUT2D eigenvalue weighted by atomic mass is 32.2. The summed E-state index contributed by atoms with van der Waals surface area (Å²) in [7, 11) is 0. The van der Waals surface area contributed by atoms with Crippen LogP contribution in [0.1, 0.15) is 5.76 Å². The number of nitrogens with one attached hydrogen (secondary N) is 1. The number of carbonyl (C=O) groups excluding carboxylic acids is 1. The molecule has 1 N–H and O–H groups in total. The number of rotatable bonds is 6. The number of halogens is 3. The molecule has 3 aromatic rings. The van der Waals surface area contributed by atoms with E-state index in [0.29, 0.717) is 17.2 Å². The van der Waals surface area contributed by atoms with E-state index in [1.807, 2.05) is 0 Å². The van der Waals surface area contributed by atoms with Crippen molar-refractivity contribution in [3.05, 3.63) is 48.4 Å². The van der Waals surface area contributed by atoms with E-state index in [0.717, 1.165) is 17.8 Å². The van der Waals surface area contributed by atoms with Crippen molar-refractivity contribution in [3.63, 3.8) is 0 Å². The van der Waals surface area contributed by atoms with Crippen molar-refractivity contribution in [3.8, 4) is 17.2 Å². The van der Waals surface area contributed by atoms with Crippen LogP contribution in [-0.4, -0.2) is 33.2 Å². The predicted molar refractivity (Wildman–Crippen MR) is 94.7 cm³/mol. The minimum Gasteiger partial charge on any atom is -0.460 e. The van der Waals surface area contributed by atoms with Gasteiger partial charge in [-0.2, -0.15) is 5.10 Å². The number of para-hydroxylation sites is 2. The summed E-state index contributed by atoms with van der Waals surface area (Å²) >= 11 is 0.981. The van der Waals surface area contributed by atoms with E-state index in [1.165, 1.54) is 24.4 Å². The van der Waals surface area contributed by atoms with E-state index < -0.39 is 18.0 Å². The first kappa shape index (κ1) is 19.7. The van der Waals surface area contributed by atoms with Gasteiger partial charge in [-0.05, 0) is 31.2 Å². The van der Waals surface area contributed by atoms with Gasteiger partial charge in [0, 0.05) is 0 Å². The molecule has 0 radical (unpaired) electrons. The van der Waals surface area contributed by atoms with Crippen LogP contribution in [0, 0.1) is 6.92 Å². The van der Waals surface area contributed by atoms with Gasteiger partial charge in [-0.15, -0.1) is 18.3 Å². The number of hydrogen-bond donors (Lipinski definition) is 1. The molecule has 1 aromatic carbocycles. The number of nitrogens with zero attached hydrogens (tertiary/aromatic N) is 3. The number of hydrogen-bond acceptors (Lipinski definition) is 7. The van der Waals surface area contributed by atoms with Gasteiger partial charge >= 0.3 is 6.36 Å². The molecule has 7 nitrogen and oxygen atoms in total. The number of carbonyl (C=O) groups is 1. The third kappa shape index (κ3) is 5.46. The number of aromatic nitrogens is 3. The van der Waals surface area contributed by atoms with Crippen molar-refractivity contribution in [2.75, 3.05) is 11.1 Å². The Hall–Kier alpha value is -3.08. The maximum atomic E-state index is 12.4. The van der Waals surface area contributed by atoms with Gasteiger partial charge in [-0.3, -0.25) is 4.79 Å². The van der Waals surface area contributed by atoms with Gasteiger partial charge in [-0.25, -0.2) is 4.98 Å². The second-order valence-electron chi connectivity index (χ2n) is 5.42. The standard InChI is InChI=1S/C17H13F3N4O3S/c1-10-6-7-13(26-10)12-8-21-24-16(23-12)28-9-15(25)22-11-4-2-3-5-14(11)27-17(18,19)20/h2-8H,9H2,1H3,(H,22,25). The molecule has 2 heterocycles. The van der Waals surface area contributed by atoms with Gasteiger partial charge in [-0.1, -0.05) is 23.9 Å². The van der Waals surface area contributed by atoms with Crippen molar-refractivity contribution < 1.29 is 27.1 Å². The first-order valence-corrected chi connectivity index (χ1v) is 8.83. The average molecular weight is 410 g/mol. The summed E-state index contributed by atoms with van der Waals surface area (Å²) in [4.78, 5) is 16.3. The molecule has 28 heavy (non-hydrogen) atoms. The fraction of sp³-hybridized carbons (Fsp3) is 0.176. The number of alkyl halides is 3. The summed E-state index contributed by atoms with van der Waals surface area (Å²) in [6, 6.07) is 8.77. The number of thioether (sulfide) groups is 1. The Morgan fingerprint density at radius 3 is 2.75 bits per heavy atom. The fourth-order valence-corrected chi connectivity index (χ4v) is 2.74. The number of ether oxygens (including phenoxy) is 1. The quantitative estimate of drug-likeness (QED) is 0.613. The molecule has 146 valence electrons. The second-order valence-corrected chi connectivity index (χ2v) is 6.36. The van der Waals surface area contributed by atoms with E-state index in [2.05, 4.69) is 25.2 Å². The topological polar surface area (TPSA) is 90.1 Å². The molecule has 0 atom stereocenters. The van der Waals surface area contributed by atoms with Crippen LogP contribution < -0.4 is 10.1 Å². The van der Waals surface area contributed by atoms with E-state index in [1.54, 1.807) is 19.1 Å². The normalized spacial score (nSPS) is 11.3. The van der Waals surface area contributed by atoms with Gasteiger partial charge in [0.25, 0.3) is 0 Å². The van der Waals surface area contributed by atoms with Crippen LogP contribution in [0.15, 0.2) is 52.2 Å². The van der Waals surface area contributed by atoms with Gasteiger partial charge in [0.15, 0.2) is 11.5 Å². The predicted octanol–water partition coefficient (Wildman–Crippen LogP) is 4.07. The van der Waals surface area contributed by atoms with Crippen LogP contribution in [-0.2, 0) is 4.79 Å². The zero-order valence-corrected chi connectivity index (χ0v) is 15.2. The average Bonchev–Trinajstić information content (AvgIpc) is 3.07. The molecule has 2 aromatic heterocycles. The molecular formula is C17H13F3N4O3S. The molecule has 0 fully saturated rings. The molecule has 0 aliphatic heterocycles. The summed E-state index contributed by atoms with van der Waals surface area (Å²) in [5.74, 6) is 0.0363. The van der Waals surface area contributed by atoms with E-state index in [4.69, 9.17) is 4.42 Å². The van der Waals surface area contributed by atoms with E-state index in [-0.39, 0.29) is 16.6 Å². The maximum absolute atomic E-state index is 12.4. The van der Waals surface area contributed by atoms with Gasteiger partial charge < -0.3 is 14.5 Å². The summed E-state index contributed by atoms with van der Waals surface area (Å²) in [6.45, 7) is 1.79. The summed E-state index contributed by atoms with van der Waals surface area (Å²) in [6.07, 6.45) is -3.44. The second kappa shape index (κ2) is 8.30. The largest absolute Gasteiger partial charge is 0.573 e. The number of amides is 1. The van der Waals surface area contributed by atoms with Crippen molar-refractivity contribution in [1.29, 1.82) is 0 Å². The van der Waals surface area contributed by atoms with Crippen LogP contribution in [0.2, 0.25) is 0 Å². The Morgan fingerprint density at radius 2 is 2.04 bits per heavy atom. The molecule has 1 amide bonds. The lowest BCUT2D eigenvalue weighted by Crippen LogP contribution is -2.20. The van der Waals surface area contributed by atoms with Crippen molar-refractivity contribution in [1.82, 2.24) is 15.2 Å². The molecule has 0 aliphatic rings. The fourth-order valence-electron chi connectivity index (χ4n) is 2.14. The van der Waals surface area contributed by atoms with Crippen LogP contribution >= 0.6 is 11.8 Å². The monoisotopic (exact) mass is 410 g/mol.